The summed E-state index contributed by atoms with van der Waals surface area (Å²) in [6.45, 7) is 7.10. The van der Waals surface area contributed by atoms with Gasteiger partial charge in [-0.05, 0) is 143 Å². The zero-order chi connectivity index (χ0) is 25.3. The number of hydrogen-bond donors (Lipinski definition) is 2. The summed E-state index contributed by atoms with van der Waals surface area (Å²) in [5.74, 6) is 3.33. The Morgan fingerprint density at radius 2 is 1.46 bits per heavy atom. The molecule has 0 unspecified atom stereocenters. The Morgan fingerprint density at radius 3 is 2.14 bits per heavy atom. The highest BCUT2D eigenvalue weighted by Gasteiger charge is 2.64. The molecule has 5 fully saturated rings. The lowest BCUT2D eigenvalue weighted by atomic mass is 9.43. The smallest absolute Gasteiger partial charge is 0.390 e. The number of hydrogen-bond acceptors (Lipinski definition) is 2. The van der Waals surface area contributed by atoms with Crippen LogP contribution in [0.3, 0.4) is 0 Å². The van der Waals surface area contributed by atoms with E-state index in [9.17, 15) is 23.4 Å². The van der Waals surface area contributed by atoms with Crippen LogP contribution in [-0.2, 0) is 0 Å². The van der Waals surface area contributed by atoms with E-state index in [0.29, 0.717) is 29.6 Å². The van der Waals surface area contributed by atoms with E-state index in [1.165, 1.54) is 25.7 Å². The third-order valence-electron chi connectivity index (χ3n) is 12.9. The minimum atomic E-state index is -4.52. The van der Waals surface area contributed by atoms with Crippen molar-refractivity contribution in [2.45, 2.75) is 141 Å². The highest BCUT2D eigenvalue weighted by Crippen LogP contribution is 2.69. The average molecular weight is 499 g/mol. The fraction of sp³-hybridized carbons (Fsp3) is 1.00. The maximum Gasteiger partial charge on any atom is 0.417 e. The quantitative estimate of drug-likeness (QED) is 0.412. The van der Waals surface area contributed by atoms with E-state index in [4.69, 9.17) is 0 Å². The first-order valence-electron chi connectivity index (χ1n) is 14.8. The molecule has 0 aromatic carbocycles. The largest absolute Gasteiger partial charge is 0.417 e. The molecule has 5 saturated carbocycles. The monoisotopic (exact) mass is 498 g/mol. The predicted molar refractivity (Wildman–Crippen MR) is 133 cm³/mol. The molecule has 0 bridgehead atoms. The fourth-order valence-electron chi connectivity index (χ4n) is 10.3. The minimum absolute atomic E-state index is 0.00960. The average Bonchev–Trinajstić information content (AvgIpc) is 3.12. The van der Waals surface area contributed by atoms with Crippen molar-refractivity contribution in [3.8, 4) is 0 Å². The van der Waals surface area contributed by atoms with Crippen LogP contribution in [0.5, 0.6) is 0 Å². The zero-order valence-electron chi connectivity index (χ0n) is 22.3. The molecule has 5 aliphatic rings. The summed E-state index contributed by atoms with van der Waals surface area (Å²) in [6.07, 6.45) is 10.1. The number of halogens is 3. The van der Waals surface area contributed by atoms with Gasteiger partial charge in [0, 0.05) is 0 Å². The Bertz CT molecular complexity index is 774. The van der Waals surface area contributed by atoms with Crippen molar-refractivity contribution < 1.29 is 23.4 Å². The summed E-state index contributed by atoms with van der Waals surface area (Å²) in [7, 11) is 0. The van der Waals surface area contributed by atoms with Gasteiger partial charge in [0.25, 0.3) is 0 Å². The van der Waals surface area contributed by atoms with Gasteiger partial charge in [-0.3, -0.25) is 0 Å². The van der Waals surface area contributed by atoms with Gasteiger partial charge in [-0.15, -0.1) is 0 Å². The first-order chi connectivity index (χ1) is 16.3. The number of rotatable bonds is 4. The van der Waals surface area contributed by atoms with Crippen LogP contribution in [0.25, 0.3) is 0 Å². The molecule has 0 aromatic heterocycles. The molecule has 5 aliphatic carbocycles. The van der Waals surface area contributed by atoms with Gasteiger partial charge in [0.05, 0.1) is 5.60 Å². The van der Waals surface area contributed by atoms with Gasteiger partial charge in [0.2, 0.25) is 0 Å². The summed E-state index contributed by atoms with van der Waals surface area (Å²) >= 11 is 0. The van der Waals surface area contributed by atoms with E-state index in [-0.39, 0.29) is 24.2 Å². The van der Waals surface area contributed by atoms with Crippen molar-refractivity contribution in [1.29, 1.82) is 0 Å². The van der Waals surface area contributed by atoms with Gasteiger partial charge in [0.15, 0.2) is 5.60 Å². The van der Waals surface area contributed by atoms with Gasteiger partial charge in [0.1, 0.15) is 0 Å². The second-order valence-electron chi connectivity index (χ2n) is 14.5. The lowest BCUT2D eigenvalue weighted by Crippen LogP contribution is -2.59. The molecule has 0 amide bonds. The first-order valence-corrected chi connectivity index (χ1v) is 14.8. The molecule has 202 valence electrons. The normalized spacial score (nSPS) is 52.5. The van der Waals surface area contributed by atoms with E-state index in [2.05, 4.69) is 20.8 Å². The number of aliphatic hydroxyl groups is 2. The van der Waals surface area contributed by atoms with Gasteiger partial charge in [-0.25, -0.2) is 0 Å². The molecular weight excluding hydrogens is 449 g/mol. The highest BCUT2D eigenvalue weighted by molar-refractivity contribution is 5.11. The lowest BCUT2D eigenvalue weighted by Gasteiger charge is -2.62. The summed E-state index contributed by atoms with van der Waals surface area (Å²) in [5.41, 5.74) is -2.61. The molecule has 2 N–H and O–H groups in total. The summed E-state index contributed by atoms with van der Waals surface area (Å²) < 4.78 is 40.8. The van der Waals surface area contributed by atoms with Crippen LogP contribution in [0.1, 0.15) is 124 Å². The van der Waals surface area contributed by atoms with Crippen LogP contribution in [0.15, 0.2) is 0 Å². The Kier molecular flexibility index (Phi) is 6.68. The summed E-state index contributed by atoms with van der Waals surface area (Å²) in [4.78, 5) is 0. The molecule has 0 aliphatic heterocycles. The first kappa shape index (κ1) is 26.3. The topological polar surface area (TPSA) is 40.5 Å². The Morgan fingerprint density at radius 1 is 0.771 bits per heavy atom. The Labute approximate surface area is 210 Å². The van der Waals surface area contributed by atoms with Crippen molar-refractivity contribution in [3.63, 3.8) is 0 Å². The molecule has 5 heteroatoms. The van der Waals surface area contributed by atoms with Crippen molar-refractivity contribution in [1.82, 2.24) is 0 Å². The standard InChI is InChI=1S/C30H49F3O2/c1-20-10-15-28(34,16-11-20)13-4-5-21-7-9-24-23-8-6-22-19-29(35,30(31,32)33)18-17-27(22,3)25(23)12-14-26(21,24)2/h20-25,34-35H,4-19H2,1-3H3/t20-,21-,22+,23+,24+,25+,26-,27+,28-,29+/m1/s1. The molecule has 5 rings (SSSR count). The van der Waals surface area contributed by atoms with Crippen LogP contribution < -0.4 is 0 Å². The Hall–Kier alpha value is -0.290. The molecule has 0 heterocycles. The molecule has 2 nitrogen and oxygen atoms in total. The van der Waals surface area contributed by atoms with E-state index < -0.39 is 17.4 Å². The predicted octanol–water partition coefficient (Wildman–Crippen LogP) is 8.05. The van der Waals surface area contributed by atoms with Gasteiger partial charge in [-0.2, -0.15) is 13.2 Å². The van der Waals surface area contributed by atoms with Crippen LogP contribution in [0.4, 0.5) is 13.2 Å². The van der Waals surface area contributed by atoms with Gasteiger partial charge < -0.3 is 10.2 Å². The van der Waals surface area contributed by atoms with Crippen molar-refractivity contribution >= 4 is 0 Å². The summed E-state index contributed by atoms with van der Waals surface area (Å²) in [6, 6.07) is 0. The summed E-state index contributed by atoms with van der Waals surface area (Å²) in [5, 5.41) is 21.5. The zero-order valence-corrected chi connectivity index (χ0v) is 22.3. The van der Waals surface area contributed by atoms with E-state index in [1.807, 2.05) is 0 Å². The second kappa shape index (κ2) is 8.89. The van der Waals surface area contributed by atoms with Crippen molar-refractivity contribution in [2.75, 3.05) is 0 Å². The fourth-order valence-corrected chi connectivity index (χ4v) is 10.3. The van der Waals surface area contributed by atoms with Crippen molar-refractivity contribution in [2.24, 2.45) is 46.3 Å². The third-order valence-corrected chi connectivity index (χ3v) is 12.9. The molecule has 0 radical (unpaired) electrons. The molecule has 8 atom stereocenters. The highest BCUT2D eigenvalue weighted by atomic mass is 19.4. The van der Waals surface area contributed by atoms with Gasteiger partial charge in [-0.1, -0.05) is 27.2 Å². The van der Waals surface area contributed by atoms with Crippen LogP contribution in [-0.4, -0.2) is 27.6 Å². The van der Waals surface area contributed by atoms with E-state index >= 15 is 0 Å². The SMILES string of the molecule is C[C@]12CC[C@@](O)(C(F)(F)F)C[C@@H]1CC[C@@H]1[C@@H]2CC[C@]2(C)[C@H](CCC[C@]3(O)CC[C@H](C)CC3)CC[C@@H]12. The van der Waals surface area contributed by atoms with Gasteiger partial charge >= 0.3 is 6.18 Å². The third kappa shape index (κ3) is 4.41. The molecule has 35 heavy (non-hydrogen) atoms. The molecule has 0 saturated heterocycles. The second-order valence-corrected chi connectivity index (χ2v) is 14.5. The number of alkyl halides is 3. The Balaban J connectivity index is 1.22. The molecule has 0 spiro atoms. The molecule has 0 aromatic rings. The minimum Gasteiger partial charge on any atom is -0.390 e. The number of fused-ring (bicyclic) bond motifs is 5. The van der Waals surface area contributed by atoms with E-state index in [1.54, 1.807) is 0 Å². The van der Waals surface area contributed by atoms with Crippen LogP contribution >= 0.6 is 0 Å². The maximum absolute atomic E-state index is 13.6. The molecular formula is C30H49F3O2. The lowest BCUT2D eigenvalue weighted by molar-refractivity contribution is -0.290. The van der Waals surface area contributed by atoms with Crippen LogP contribution in [0, 0.1) is 46.3 Å². The van der Waals surface area contributed by atoms with Crippen molar-refractivity contribution in [3.05, 3.63) is 0 Å². The van der Waals surface area contributed by atoms with E-state index in [0.717, 1.165) is 69.6 Å². The maximum atomic E-state index is 13.6. The van der Waals surface area contributed by atoms with Crippen LogP contribution in [0.2, 0.25) is 0 Å².